The van der Waals surface area contributed by atoms with Crippen molar-refractivity contribution in [2.45, 2.75) is 13.3 Å². The van der Waals surface area contributed by atoms with Crippen LogP contribution < -0.4 is 5.32 Å². The number of hydrogen-bond acceptors (Lipinski definition) is 5. The molecule has 0 spiro atoms. The van der Waals surface area contributed by atoms with Crippen molar-refractivity contribution in [1.82, 2.24) is 10.4 Å². The summed E-state index contributed by atoms with van der Waals surface area (Å²) >= 11 is 0. The van der Waals surface area contributed by atoms with Crippen molar-refractivity contribution in [2.24, 2.45) is 0 Å². The third-order valence-electron chi connectivity index (χ3n) is 1.70. The van der Waals surface area contributed by atoms with Crippen molar-refractivity contribution in [1.29, 1.82) is 0 Å². The lowest BCUT2D eigenvalue weighted by molar-refractivity contribution is -0.192. The van der Waals surface area contributed by atoms with E-state index in [-0.39, 0.29) is 12.2 Å². The highest BCUT2D eigenvalue weighted by molar-refractivity contribution is 5.93. The fourth-order valence-corrected chi connectivity index (χ4v) is 1.12. The monoisotopic (exact) mass is 186 g/mol. The molecule has 0 radical (unpaired) electrons. The molecule has 1 aliphatic rings. The first kappa shape index (κ1) is 10.1. The van der Waals surface area contributed by atoms with Gasteiger partial charge in [-0.15, -0.1) is 5.06 Å². The van der Waals surface area contributed by atoms with Crippen molar-refractivity contribution < 1.29 is 14.4 Å². The maximum Gasteiger partial charge on any atom is 0.332 e. The molecule has 0 aromatic heterocycles. The molecule has 0 atom stereocenters. The average molecular weight is 186 g/mol. The quantitative estimate of drug-likeness (QED) is 0.592. The fraction of sp³-hybridized carbons (Fsp3) is 0.750. The molecule has 1 heterocycles. The van der Waals surface area contributed by atoms with Gasteiger partial charge in [-0.2, -0.15) is 0 Å². The smallest absolute Gasteiger partial charge is 0.332 e. The highest BCUT2D eigenvalue weighted by Gasteiger charge is 2.15. The number of ketones is 1. The van der Waals surface area contributed by atoms with Crippen molar-refractivity contribution in [3.05, 3.63) is 0 Å². The molecule has 0 aromatic rings. The van der Waals surface area contributed by atoms with Gasteiger partial charge in [0.2, 0.25) is 0 Å². The van der Waals surface area contributed by atoms with Crippen LogP contribution in [0.4, 0.5) is 0 Å². The van der Waals surface area contributed by atoms with Gasteiger partial charge in [-0.3, -0.25) is 4.79 Å². The van der Waals surface area contributed by atoms with Crippen molar-refractivity contribution >= 4 is 11.8 Å². The van der Waals surface area contributed by atoms with E-state index in [9.17, 15) is 9.59 Å². The summed E-state index contributed by atoms with van der Waals surface area (Å²) in [5.41, 5.74) is 0. The van der Waals surface area contributed by atoms with Crippen molar-refractivity contribution in [3.8, 4) is 0 Å². The predicted octanol–water partition coefficient (Wildman–Crippen LogP) is -0.671. The van der Waals surface area contributed by atoms with Crippen LogP contribution in [0.1, 0.15) is 13.3 Å². The lowest BCUT2D eigenvalue weighted by Gasteiger charge is -2.25. The summed E-state index contributed by atoms with van der Waals surface area (Å²) in [6, 6.07) is 0. The standard InChI is InChI=1S/C8H14N2O3/c1-7(11)6-8(12)13-10-4-2-9-3-5-10/h9H,2-6H2,1H3. The summed E-state index contributed by atoms with van der Waals surface area (Å²) in [5, 5.41) is 4.71. The Morgan fingerprint density at radius 1 is 1.38 bits per heavy atom. The Bertz CT molecular complexity index is 200. The molecule has 5 heteroatoms. The lowest BCUT2D eigenvalue weighted by atomic mass is 10.3. The van der Waals surface area contributed by atoms with E-state index in [2.05, 4.69) is 5.32 Å². The second-order valence-electron chi connectivity index (χ2n) is 3.02. The minimum atomic E-state index is -0.464. The van der Waals surface area contributed by atoms with Crippen LogP contribution in [0, 0.1) is 0 Å². The predicted molar refractivity (Wildman–Crippen MR) is 45.8 cm³/mol. The van der Waals surface area contributed by atoms with Gasteiger partial charge >= 0.3 is 5.97 Å². The number of nitrogens with one attached hydrogen (secondary N) is 1. The van der Waals surface area contributed by atoms with E-state index in [0.717, 1.165) is 13.1 Å². The van der Waals surface area contributed by atoms with Crippen molar-refractivity contribution in [2.75, 3.05) is 26.2 Å². The molecule has 0 bridgehead atoms. The first-order chi connectivity index (χ1) is 6.18. The number of nitrogens with zero attached hydrogens (tertiary/aromatic N) is 1. The molecule has 0 aromatic carbocycles. The molecule has 74 valence electrons. The van der Waals surface area contributed by atoms with Crippen LogP contribution >= 0.6 is 0 Å². The number of piperazine rings is 1. The maximum absolute atomic E-state index is 11.0. The lowest BCUT2D eigenvalue weighted by Crippen LogP contribution is -2.44. The molecule has 0 unspecified atom stereocenters. The zero-order valence-electron chi connectivity index (χ0n) is 7.71. The maximum atomic E-state index is 11.0. The Kier molecular flexibility index (Phi) is 3.85. The highest BCUT2D eigenvalue weighted by Crippen LogP contribution is 1.96. The molecule has 13 heavy (non-hydrogen) atoms. The first-order valence-corrected chi connectivity index (χ1v) is 4.34. The second-order valence-corrected chi connectivity index (χ2v) is 3.02. The Balaban J connectivity index is 2.22. The number of rotatable bonds is 3. The second kappa shape index (κ2) is 4.94. The summed E-state index contributed by atoms with van der Waals surface area (Å²) in [4.78, 5) is 26.5. The van der Waals surface area contributed by atoms with Gasteiger partial charge in [0.15, 0.2) is 0 Å². The van der Waals surface area contributed by atoms with Gasteiger partial charge in [0, 0.05) is 26.2 Å². The van der Waals surface area contributed by atoms with Gasteiger partial charge in [-0.05, 0) is 6.92 Å². The Morgan fingerprint density at radius 3 is 2.54 bits per heavy atom. The summed E-state index contributed by atoms with van der Waals surface area (Å²) in [6.07, 6.45) is -0.135. The van der Waals surface area contributed by atoms with Gasteiger partial charge in [0.25, 0.3) is 0 Å². The summed E-state index contributed by atoms with van der Waals surface area (Å²) in [6.45, 7) is 4.37. The van der Waals surface area contributed by atoms with E-state index in [1.807, 2.05) is 0 Å². The topological polar surface area (TPSA) is 58.6 Å². The van der Waals surface area contributed by atoms with Gasteiger partial charge in [0.1, 0.15) is 12.2 Å². The fourth-order valence-electron chi connectivity index (χ4n) is 1.12. The molecule has 0 amide bonds. The Labute approximate surface area is 77.0 Å². The van der Waals surface area contributed by atoms with Gasteiger partial charge in [0.05, 0.1) is 0 Å². The van der Waals surface area contributed by atoms with E-state index >= 15 is 0 Å². The van der Waals surface area contributed by atoms with E-state index in [1.54, 1.807) is 5.06 Å². The number of hydroxylamine groups is 2. The minimum Gasteiger partial charge on any atom is -0.367 e. The van der Waals surface area contributed by atoms with E-state index < -0.39 is 5.97 Å². The normalized spacial score (nSPS) is 18.2. The van der Waals surface area contributed by atoms with Gasteiger partial charge in [-0.1, -0.05) is 0 Å². The number of hydrogen-bond donors (Lipinski definition) is 1. The van der Waals surface area contributed by atoms with E-state index in [0.29, 0.717) is 13.1 Å². The number of carbonyl (C=O) groups excluding carboxylic acids is 2. The van der Waals surface area contributed by atoms with Crippen LogP contribution in [0.25, 0.3) is 0 Å². The molecule has 1 fully saturated rings. The molecule has 1 N–H and O–H groups in total. The molecule has 1 saturated heterocycles. The zero-order chi connectivity index (χ0) is 9.68. The van der Waals surface area contributed by atoms with Crippen molar-refractivity contribution in [3.63, 3.8) is 0 Å². The van der Waals surface area contributed by atoms with Gasteiger partial charge in [-0.25, -0.2) is 4.79 Å². The third kappa shape index (κ3) is 4.00. The van der Waals surface area contributed by atoms with Crippen LogP contribution in [0.2, 0.25) is 0 Å². The van der Waals surface area contributed by atoms with Crippen LogP contribution in [-0.2, 0) is 14.4 Å². The summed E-state index contributed by atoms with van der Waals surface area (Å²) < 4.78 is 0. The molecular weight excluding hydrogens is 172 g/mol. The van der Waals surface area contributed by atoms with Crippen LogP contribution in [0.3, 0.4) is 0 Å². The zero-order valence-corrected chi connectivity index (χ0v) is 7.71. The Hall–Kier alpha value is -0.940. The first-order valence-electron chi connectivity index (χ1n) is 4.34. The van der Waals surface area contributed by atoms with Crippen LogP contribution in [-0.4, -0.2) is 43.0 Å². The van der Waals surface area contributed by atoms with E-state index in [1.165, 1.54) is 6.92 Å². The third-order valence-corrected chi connectivity index (χ3v) is 1.70. The highest BCUT2D eigenvalue weighted by atomic mass is 16.7. The average Bonchev–Trinajstić information content (AvgIpc) is 2.04. The molecule has 1 aliphatic heterocycles. The largest absolute Gasteiger partial charge is 0.367 e. The number of carbonyl (C=O) groups is 2. The number of Topliss-reactive ketones (excluding diaryl/α,β-unsaturated/α-hetero) is 1. The van der Waals surface area contributed by atoms with Crippen LogP contribution in [0.5, 0.6) is 0 Å². The van der Waals surface area contributed by atoms with E-state index in [4.69, 9.17) is 4.84 Å². The molecule has 0 saturated carbocycles. The minimum absolute atomic E-state index is 0.135. The molecule has 0 aliphatic carbocycles. The molecule has 1 rings (SSSR count). The summed E-state index contributed by atoms with van der Waals surface area (Å²) in [7, 11) is 0. The SMILES string of the molecule is CC(=O)CC(=O)ON1CCNCC1. The summed E-state index contributed by atoms with van der Waals surface area (Å²) in [5.74, 6) is -0.630. The molecule has 5 nitrogen and oxygen atoms in total. The molecular formula is C8H14N2O3. The Morgan fingerprint density at radius 2 is 2.00 bits per heavy atom. The van der Waals surface area contributed by atoms with Crippen LogP contribution in [0.15, 0.2) is 0 Å². The van der Waals surface area contributed by atoms with Gasteiger partial charge < -0.3 is 10.2 Å².